The second kappa shape index (κ2) is 8.52. The lowest BCUT2D eigenvalue weighted by atomic mass is 10.5. The van der Waals surface area contributed by atoms with Crippen LogP contribution in [0.1, 0.15) is 20.8 Å². The average Bonchev–Trinajstić information content (AvgIpc) is 2.24. The number of rotatable bonds is 9. The SMILES string of the molecule is CC([CH2][Al]([CH2]C(C)[Si](C)(C)C)[CH2]C(C)[Si](C)(C)C)[Si](C)(C)C. The molecule has 3 atom stereocenters. The Labute approximate surface area is 150 Å². The van der Waals surface area contributed by atoms with E-state index in [9.17, 15) is 0 Å². The molecule has 0 N–H and O–H groups in total. The summed E-state index contributed by atoms with van der Waals surface area (Å²) in [5.41, 5.74) is 3.06. The van der Waals surface area contributed by atoms with Gasteiger partial charge < -0.3 is 0 Å². The fourth-order valence-electron chi connectivity index (χ4n) is 2.85. The molecule has 0 saturated heterocycles. The van der Waals surface area contributed by atoms with Gasteiger partial charge in [0.2, 0.25) is 0 Å². The molecule has 0 fully saturated rings. The van der Waals surface area contributed by atoms with Crippen molar-refractivity contribution in [3.63, 3.8) is 0 Å². The summed E-state index contributed by atoms with van der Waals surface area (Å²) < 4.78 is 0. The standard InChI is InChI=1S/3C6H15Si.Al/c3*1-6(2)7(3,4)5;/h3*6H,1H2,2-5H3;. The minimum atomic E-state index is -0.960. The van der Waals surface area contributed by atoms with Crippen LogP contribution in [0, 0.1) is 0 Å². The van der Waals surface area contributed by atoms with E-state index in [1.165, 1.54) is 0 Å². The van der Waals surface area contributed by atoms with Crippen molar-refractivity contribution in [1.29, 1.82) is 0 Å². The smallest absolute Gasteiger partial charge is 0.0937 e. The Bertz CT molecular complexity index is 270. The van der Waals surface area contributed by atoms with Gasteiger partial charge in [0.05, 0.1) is 0 Å². The fourth-order valence-corrected chi connectivity index (χ4v) is 17.9. The highest BCUT2D eigenvalue weighted by Gasteiger charge is 2.35. The van der Waals surface area contributed by atoms with Crippen molar-refractivity contribution < 1.29 is 0 Å². The molecular weight excluding hydrogens is 327 g/mol. The topological polar surface area (TPSA) is 0 Å². The lowest BCUT2D eigenvalue weighted by molar-refractivity contribution is 0.903. The van der Waals surface area contributed by atoms with Gasteiger partial charge in [-0.05, 0) is 0 Å². The third-order valence-electron chi connectivity index (χ3n) is 6.50. The second-order valence-corrected chi connectivity index (χ2v) is 31.7. The first-order chi connectivity index (χ1) is 9.55. The summed E-state index contributed by atoms with van der Waals surface area (Å²) >= 11 is -0.603. The monoisotopic (exact) mass is 372 g/mol. The molecule has 0 radical (unpaired) electrons. The summed E-state index contributed by atoms with van der Waals surface area (Å²) in [6.07, 6.45) is 0. The molecule has 4 heteroatoms. The number of hydrogen-bond donors (Lipinski definition) is 0. The lowest BCUT2D eigenvalue weighted by Gasteiger charge is -2.34. The first-order valence-electron chi connectivity index (χ1n) is 9.55. The van der Waals surface area contributed by atoms with Crippen LogP contribution in [0.2, 0.25) is 91.4 Å². The van der Waals surface area contributed by atoms with Gasteiger partial charge in [-0.2, -0.15) is 0 Å². The van der Waals surface area contributed by atoms with E-state index in [1.54, 1.807) is 15.8 Å². The first kappa shape index (κ1) is 23.2. The molecule has 0 aromatic carbocycles. The van der Waals surface area contributed by atoms with Gasteiger partial charge in [0.15, 0.2) is 0 Å². The molecule has 0 aromatic rings. The molecular formula is C18H45AlSi3. The van der Waals surface area contributed by atoms with E-state index in [0.717, 1.165) is 16.6 Å². The van der Waals surface area contributed by atoms with Crippen LogP contribution in [0.4, 0.5) is 0 Å². The van der Waals surface area contributed by atoms with Crippen molar-refractivity contribution in [1.82, 2.24) is 0 Å². The van der Waals surface area contributed by atoms with Gasteiger partial charge in [0, 0.05) is 24.2 Å². The van der Waals surface area contributed by atoms with Gasteiger partial charge in [0.25, 0.3) is 14.1 Å². The Morgan fingerprint density at radius 3 is 0.818 bits per heavy atom. The van der Waals surface area contributed by atoms with Gasteiger partial charge in [-0.3, -0.25) is 0 Å². The van der Waals surface area contributed by atoms with Crippen LogP contribution in [0.5, 0.6) is 0 Å². The van der Waals surface area contributed by atoms with Crippen molar-refractivity contribution in [2.75, 3.05) is 0 Å². The highest BCUT2D eigenvalue weighted by molar-refractivity contribution is 6.82. The Morgan fingerprint density at radius 1 is 0.500 bits per heavy atom. The van der Waals surface area contributed by atoms with Crippen molar-refractivity contribution in [3.05, 3.63) is 0 Å². The minimum Gasteiger partial charge on any atom is -0.0937 e. The molecule has 0 aliphatic rings. The summed E-state index contributed by atoms with van der Waals surface area (Å²) in [5, 5.41) is 4.87. The summed E-state index contributed by atoms with van der Waals surface area (Å²) in [5.74, 6) is 0. The third-order valence-corrected chi connectivity index (χ3v) is 21.6. The van der Waals surface area contributed by atoms with Gasteiger partial charge in [0.1, 0.15) is 0 Å². The lowest BCUT2D eigenvalue weighted by Crippen LogP contribution is -2.36. The highest BCUT2D eigenvalue weighted by Crippen LogP contribution is 2.38. The minimum absolute atomic E-state index is 0.603. The molecule has 132 valence electrons. The Kier molecular flexibility index (Phi) is 8.98. The van der Waals surface area contributed by atoms with E-state index in [2.05, 4.69) is 79.7 Å². The normalized spacial score (nSPS) is 18.0. The van der Waals surface area contributed by atoms with Crippen molar-refractivity contribution >= 4 is 38.4 Å². The molecule has 0 amide bonds. The summed E-state index contributed by atoms with van der Waals surface area (Å²) in [4.78, 5) is 0. The zero-order valence-corrected chi connectivity index (χ0v) is 22.1. The third kappa shape index (κ3) is 8.87. The van der Waals surface area contributed by atoms with E-state index < -0.39 is 38.4 Å². The summed E-state index contributed by atoms with van der Waals surface area (Å²) in [6.45, 7) is 30.9. The zero-order valence-electron chi connectivity index (χ0n) is 17.9. The van der Waals surface area contributed by atoms with Crippen molar-refractivity contribution in [2.45, 2.75) is 112 Å². The molecule has 0 rings (SSSR count). The van der Waals surface area contributed by atoms with Gasteiger partial charge in [-0.1, -0.05) is 112 Å². The van der Waals surface area contributed by atoms with Crippen LogP contribution in [-0.4, -0.2) is 38.4 Å². The van der Waals surface area contributed by atoms with E-state index in [4.69, 9.17) is 0 Å². The highest BCUT2D eigenvalue weighted by atomic mass is 28.3. The Hall–Kier alpha value is 1.18. The molecule has 22 heavy (non-hydrogen) atoms. The van der Waals surface area contributed by atoms with Gasteiger partial charge in [-0.15, -0.1) is 0 Å². The van der Waals surface area contributed by atoms with E-state index in [0.29, 0.717) is 0 Å². The molecule has 0 aromatic heterocycles. The molecule has 0 aliphatic heterocycles. The quantitative estimate of drug-likeness (QED) is 0.364. The summed E-state index contributed by atoms with van der Waals surface area (Å²) in [7, 11) is -2.88. The largest absolute Gasteiger partial charge is 0.261 e. The second-order valence-electron chi connectivity index (χ2n) is 11.4. The number of hydrogen-bond acceptors (Lipinski definition) is 0. The molecule has 0 bridgehead atoms. The first-order valence-corrected chi connectivity index (χ1v) is 22.7. The van der Waals surface area contributed by atoms with E-state index >= 15 is 0 Å². The maximum atomic E-state index is 2.58. The van der Waals surface area contributed by atoms with Gasteiger partial charge >= 0.3 is 0 Å². The predicted octanol–water partition coefficient (Wildman–Crippen LogP) is 7.67. The fraction of sp³-hybridized carbons (Fsp3) is 1.00. The molecule has 0 nitrogen and oxygen atoms in total. The van der Waals surface area contributed by atoms with Crippen LogP contribution < -0.4 is 0 Å². The van der Waals surface area contributed by atoms with Crippen molar-refractivity contribution in [2.24, 2.45) is 0 Å². The predicted molar refractivity (Wildman–Crippen MR) is 118 cm³/mol. The van der Waals surface area contributed by atoms with Crippen molar-refractivity contribution in [3.8, 4) is 0 Å². The molecule has 0 aliphatic carbocycles. The molecule has 0 spiro atoms. The Balaban J connectivity index is 5.00. The van der Waals surface area contributed by atoms with Gasteiger partial charge in [-0.25, -0.2) is 0 Å². The molecule has 3 unspecified atom stereocenters. The molecule has 0 heterocycles. The van der Waals surface area contributed by atoms with E-state index in [1.807, 2.05) is 0 Å². The van der Waals surface area contributed by atoms with Crippen LogP contribution >= 0.6 is 0 Å². The average molecular weight is 373 g/mol. The van der Waals surface area contributed by atoms with Crippen LogP contribution in [0.25, 0.3) is 0 Å². The van der Waals surface area contributed by atoms with Crippen LogP contribution in [0.15, 0.2) is 0 Å². The Morgan fingerprint density at radius 2 is 0.682 bits per heavy atom. The van der Waals surface area contributed by atoms with Crippen LogP contribution in [0.3, 0.4) is 0 Å². The maximum Gasteiger partial charge on any atom is 0.261 e. The zero-order chi connectivity index (χ0) is 17.9. The van der Waals surface area contributed by atoms with E-state index in [-0.39, 0.29) is 0 Å². The molecule has 0 saturated carbocycles. The maximum absolute atomic E-state index is 2.58. The summed E-state index contributed by atoms with van der Waals surface area (Å²) in [6, 6.07) is 0. The van der Waals surface area contributed by atoms with Crippen LogP contribution in [-0.2, 0) is 0 Å².